The number of nitrogen functional groups attached to an aromatic ring is 1. The Bertz CT molecular complexity index is 2090. The fourth-order valence-electron chi connectivity index (χ4n) is 7.78. The molecule has 3 aromatic carbocycles. The molecular weight excluding hydrogens is 725 g/mol. The van der Waals surface area contributed by atoms with Gasteiger partial charge in [-0.25, -0.2) is 14.6 Å². The summed E-state index contributed by atoms with van der Waals surface area (Å²) in [5.41, 5.74) is 11.0. The van der Waals surface area contributed by atoms with E-state index < -0.39 is 6.04 Å². The lowest BCUT2D eigenvalue weighted by Gasteiger charge is -2.33. The number of nitrogens with two attached hydrogens (primary N) is 1. The van der Waals surface area contributed by atoms with Gasteiger partial charge >= 0.3 is 0 Å². The molecule has 2 aliphatic heterocycles. The van der Waals surface area contributed by atoms with E-state index >= 15 is 0 Å². The molecule has 2 unspecified atom stereocenters. The number of amides is 1. The molecule has 1 amide bonds. The van der Waals surface area contributed by atoms with Crippen LogP contribution in [0.4, 0.5) is 5.82 Å². The number of hydrogen-bond donors (Lipinski definition) is 1. The minimum atomic E-state index is -0.597. The second-order valence-corrected chi connectivity index (χ2v) is 15.9. The topological polar surface area (TPSA) is 140 Å². The van der Waals surface area contributed by atoms with E-state index in [0.717, 1.165) is 115 Å². The molecule has 0 spiro atoms. The number of aryl methyl sites for hydroxylation is 1. The average molecular weight is 775 g/mol. The summed E-state index contributed by atoms with van der Waals surface area (Å²) < 4.78 is 8.08. The molecule has 0 radical (unpaired) electrons. The third-order valence-corrected chi connectivity index (χ3v) is 12.3. The summed E-state index contributed by atoms with van der Waals surface area (Å²) in [6, 6.07) is 23.7. The Morgan fingerprint density at radius 3 is 2.43 bits per heavy atom. The summed E-state index contributed by atoms with van der Waals surface area (Å²) in [5.74, 6) is 3.63. The zero-order valence-corrected chi connectivity index (χ0v) is 32.7. The van der Waals surface area contributed by atoms with Crippen LogP contribution in [0.1, 0.15) is 49.3 Å². The zero-order chi connectivity index (χ0) is 38.9. The predicted octanol–water partition coefficient (Wildman–Crippen LogP) is 6.43. The van der Waals surface area contributed by atoms with Crippen molar-refractivity contribution in [1.82, 2.24) is 34.4 Å². The third kappa shape index (κ3) is 9.46. The van der Waals surface area contributed by atoms with Crippen molar-refractivity contribution in [3.8, 4) is 22.8 Å². The van der Waals surface area contributed by atoms with Crippen LogP contribution in [-0.2, 0) is 20.9 Å². The summed E-state index contributed by atoms with van der Waals surface area (Å²) in [4.78, 5) is 51.1. The van der Waals surface area contributed by atoms with Gasteiger partial charge in [-0.2, -0.15) is 5.10 Å². The standard InChI is InChI=1S/C43H50N8O4S/c1-31-9-14-39(24-34(31)26-50(30-54)36(27-53)6-5-23-52)56-28-32-15-18-49(25-32)22-21-48-19-16-35(17-20-48)51-43-40(42(44)45-29-46-43)41(47-51)33-10-12-38(13-11-33)55-37-7-3-2-4-8-37/h2-4,7-14,23-24,27,29-30,32,35-36H,5-6,15-22,25-26,28H2,1H3,(H2,44,45,46). The highest BCUT2D eigenvalue weighted by atomic mass is 32.2. The first-order valence-corrected chi connectivity index (χ1v) is 20.5. The molecular formula is C43H50N8O4S. The van der Waals surface area contributed by atoms with Gasteiger partial charge in [0.15, 0.2) is 5.65 Å². The van der Waals surface area contributed by atoms with Crippen LogP contribution >= 0.6 is 11.8 Å². The first kappa shape index (κ1) is 39.1. The van der Waals surface area contributed by atoms with E-state index in [4.69, 9.17) is 15.6 Å². The maximum absolute atomic E-state index is 11.8. The number of ether oxygens (including phenoxy) is 1. The highest BCUT2D eigenvalue weighted by Crippen LogP contribution is 2.35. The smallest absolute Gasteiger partial charge is 0.210 e. The van der Waals surface area contributed by atoms with E-state index in [2.05, 4.69) is 42.6 Å². The summed E-state index contributed by atoms with van der Waals surface area (Å²) in [7, 11) is 0. The number of carbonyl (C=O) groups excluding carboxylic acids is 3. The van der Waals surface area contributed by atoms with E-state index in [0.29, 0.717) is 31.1 Å². The zero-order valence-electron chi connectivity index (χ0n) is 31.9. The quantitative estimate of drug-likeness (QED) is 0.0778. The lowest BCUT2D eigenvalue weighted by atomic mass is 10.1. The largest absolute Gasteiger partial charge is 0.457 e. The average Bonchev–Trinajstić information content (AvgIpc) is 3.86. The number of rotatable bonds is 18. The number of likely N-dealkylation sites (tertiary alicyclic amines) is 2. The van der Waals surface area contributed by atoms with Gasteiger partial charge < -0.3 is 34.8 Å². The molecule has 5 aromatic rings. The minimum Gasteiger partial charge on any atom is -0.457 e. The van der Waals surface area contributed by atoms with Gasteiger partial charge in [-0.15, -0.1) is 11.8 Å². The minimum absolute atomic E-state index is 0.225. The number of benzene rings is 3. The van der Waals surface area contributed by atoms with E-state index in [-0.39, 0.29) is 12.5 Å². The van der Waals surface area contributed by atoms with Gasteiger partial charge in [0, 0.05) is 61.9 Å². The van der Waals surface area contributed by atoms with Gasteiger partial charge in [0.2, 0.25) is 6.41 Å². The maximum Gasteiger partial charge on any atom is 0.210 e. The molecule has 0 bridgehead atoms. The van der Waals surface area contributed by atoms with E-state index in [1.54, 1.807) is 0 Å². The Morgan fingerprint density at radius 1 is 0.929 bits per heavy atom. The van der Waals surface area contributed by atoms with Crippen LogP contribution in [0.3, 0.4) is 0 Å². The van der Waals surface area contributed by atoms with Crippen LogP contribution in [0.15, 0.2) is 84.0 Å². The Balaban J connectivity index is 0.889. The van der Waals surface area contributed by atoms with Gasteiger partial charge in [0.05, 0.1) is 17.5 Å². The van der Waals surface area contributed by atoms with Crippen molar-refractivity contribution in [2.45, 2.75) is 62.6 Å². The van der Waals surface area contributed by atoms with Gasteiger partial charge in [0.1, 0.15) is 41.9 Å². The number of fused-ring (bicyclic) bond motifs is 1. The molecule has 2 aliphatic rings. The van der Waals surface area contributed by atoms with E-state index in [1.807, 2.05) is 73.3 Å². The molecule has 2 saturated heterocycles. The van der Waals surface area contributed by atoms with Crippen LogP contribution < -0.4 is 10.5 Å². The molecule has 56 heavy (non-hydrogen) atoms. The molecule has 2 atom stereocenters. The van der Waals surface area contributed by atoms with Gasteiger partial charge in [-0.3, -0.25) is 4.79 Å². The number of nitrogens with zero attached hydrogens (tertiary/aromatic N) is 7. The second kappa shape index (κ2) is 18.7. The Labute approximate surface area is 332 Å². The van der Waals surface area contributed by atoms with Crippen molar-refractivity contribution in [2.24, 2.45) is 5.92 Å². The highest BCUT2D eigenvalue weighted by Gasteiger charge is 2.28. The molecule has 7 rings (SSSR count). The van der Waals surface area contributed by atoms with Crippen molar-refractivity contribution >= 4 is 47.6 Å². The van der Waals surface area contributed by atoms with E-state index in [1.165, 1.54) is 22.5 Å². The number of piperidine rings is 1. The fraction of sp³-hybridized carbons (Fsp3) is 0.395. The normalized spacial score (nSPS) is 17.2. The summed E-state index contributed by atoms with van der Waals surface area (Å²) in [6.45, 7) is 8.71. The first-order valence-electron chi connectivity index (χ1n) is 19.5. The van der Waals surface area contributed by atoms with Crippen LogP contribution in [0.5, 0.6) is 11.5 Å². The summed E-state index contributed by atoms with van der Waals surface area (Å²) in [6.07, 6.45) is 7.54. The SMILES string of the molecule is Cc1ccc(SCC2CCN(CCN3CCC(n4nc(-c5ccc(Oc6ccccc6)cc5)c5c(N)ncnc54)CC3)C2)cc1CN(C=O)C(C=O)CCC=O. The number of aromatic nitrogens is 4. The van der Waals surface area contributed by atoms with Crippen molar-refractivity contribution in [3.63, 3.8) is 0 Å². The van der Waals surface area contributed by atoms with Crippen molar-refractivity contribution < 1.29 is 19.1 Å². The molecule has 13 heteroatoms. The highest BCUT2D eigenvalue weighted by molar-refractivity contribution is 7.99. The van der Waals surface area contributed by atoms with Crippen LogP contribution in [0, 0.1) is 12.8 Å². The number of hydrogen-bond acceptors (Lipinski definition) is 11. The van der Waals surface area contributed by atoms with Crippen molar-refractivity contribution in [3.05, 3.63) is 90.3 Å². The number of aldehydes is 2. The Kier molecular flexibility index (Phi) is 13.1. The lowest BCUT2D eigenvalue weighted by Crippen LogP contribution is -2.39. The van der Waals surface area contributed by atoms with Crippen molar-refractivity contribution in [1.29, 1.82) is 0 Å². The number of carbonyl (C=O) groups is 3. The number of thioether (sulfide) groups is 1. The van der Waals surface area contributed by atoms with Crippen LogP contribution in [0.2, 0.25) is 0 Å². The number of para-hydroxylation sites is 1. The summed E-state index contributed by atoms with van der Waals surface area (Å²) >= 11 is 1.86. The first-order chi connectivity index (χ1) is 27.4. The van der Waals surface area contributed by atoms with Crippen LogP contribution in [0.25, 0.3) is 22.3 Å². The Hall–Kier alpha value is -5.11. The van der Waals surface area contributed by atoms with Gasteiger partial charge in [-0.05, 0) is 105 Å². The maximum atomic E-state index is 11.8. The molecule has 0 aliphatic carbocycles. The molecule has 4 heterocycles. The predicted molar refractivity (Wildman–Crippen MR) is 220 cm³/mol. The molecule has 2 aromatic heterocycles. The van der Waals surface area contributed by atoms with Crippen molar-refractivity contribution in [2.75, 3.05) is 50.8 Å². The summed E-state index contributed by atoms with van der Waals surface area (Å²) in [5, 5.41) is 5.90. The second-order valence-electron chi connectivity index (χ2n) is 14.8. The molecule has 2 N–H and O–H groups in total. The third-order valence-electron chi connectivity index (χ3n) is 11.1. The molecule has 292 valence electrons. The van der Waals surface area contributed by atoms with Gasteiger partial charge in [-0.1, -0.05) is 24.3 Å². The van der Waals surface area contributed by atoms with Crippen LogP contribution in [-0.4, -0.2) is 104 Å². The number of anilines is 1. The lowest BCUT2D eigenvalue weighted by molar-refractivity contribution is -0.126. The molecule has 2 fully saturated rings. The fourth-order valence-corrected chi connectivity index (χ4v) is 8.87. The molecule has 0 saturated carbocycles. The Morgan fingerprint density at radius 2 is 1.68 bits per heavy atom. The monoisotopic (exact) mass is 774 g/mol. The van der Waals surface area contributed by atoms with E-state index in [9.17, 15) is 14.4 Å². The van der Waals surface area contributed by atoms with Gasteiger partial charge in [0.25, 0.3) is 0 Å². The molecule has 12 nitrogen and oxygen atoms in total.